The van der Waals surface area contributed by atoms with Gasteiger partial charge >= 0.3 is 6.18 Å². The van der Waals surface area contributed by atoms with Gasteiger partial charge in [0.2, 0.25) is 0 Å². The first-order valence-corrected chi connectivity index (χ1v) is 6.75. The van der Waals surface area contributed by atoms with Crippen molar-refractivity contribution in [3.8, 4) is 0 Å². The maximum Gasteiger partial charge on any atom is 0.401 e. The van der Waals surface area contributed by atoms with Crippen LogP contribution in [0.15, 0.2) is 24.3 Å². The Morgan fingerprint density at radius 2 is 1.65 bits per heavy atom. The Balaban J connectivity index is 1.84. The normalized spacial score (nSPS) is 14.8. The highest BCUT2D eigenvalue weighted by molar-refractivity contribution is 7.97. The molecule has 0 bridgehead atoms. The molecule has 1 aromatic rings. The number of nitrogens with one attached hydrogen (secondary N) is 1. The molecule has 1 heterocycles. The van der Waals surface area contributed by atoms with E-state index in [2.05, 4.69) is 4.72 Å². The molecule has 108 valence electrons. The number of rotatable bonds is 5. The molecule has 4 nitrogen and oxygen atoms in total. The molecule has 0 radical (unpaired) electrons. The lowest BCUT2D eigenvalue weighted by Gasteiger charge is -2.13. The zero-order valence-electron chi connectivity index (χ0n) is 10.2. The highest BCUT2D eigenvalue weighted by Crippen LogP contribution is 2.22. The Kier molecular flexibility index (Phi) is 4.34. The van der Waals surface area contributed by atoms with Crippen LogP contribution in [-0.4, -0.2) is 41.7 Å². The first kappa shape index (κ1) is 14.9. The first-order valence-electron chi connectivity index (χ1n) is 5.77. The maximum atomic E-state index is 11.9. The molecule has 2 rings (SSSR count). The molecular formula is C12H11F3N2O2S. The Labute approximate surface area is 117 Å². The summed E-state index contributed by atoms with van der Waals surface area (Å²) in [5.74, 6) is -0.606. The highest BCUT2D eigenvalue weighted by Gasteiger charge is 2.34. The van der Waals surface area contributed by atoms with E-state index in [4.69, 9.17) is 0 Å². The fraction of sp³-hybridized carbons (Fsp3) is 0.333. The van der Waals surface area contributed by atoms with Gasteiger partial charge in [0.1, 0.15) is 6.54 Å². The molecule has 0 unspecified atom stereocenters. The topological polar surface area (TPSA) is 49.4 Å². The van der Waals surface area contributed by atoms with Crippen LogP contribution < -0.4 is 4.72 Å². The summed E-state index contributed by atoms with van der Waals surface area (Å²) in [4.78, 5) is 24.9. The van der Waals surface area contributed by atoms with E-state index in [9.17, 15) is 22.8 Å². The predicted molar refractivity (Wildman–Crippen MR) is 68.3 cm³/mol. The molecule has 0 spiro atoms. The maximum absolute atomic E-state index is 11.9. The van der Waals surface area contributed by atoms with E-state index in [1.807, 2.05) is 0 Å². The molecule has 0 atom stereocenters. The average molecular weight is 304 g/mol. The van der Waals surface area contributed by atoms with Gasteiger partial charge in [-0.05, 0) is 12.1 Å². The molecule has 20 heavy (non-hydrogen) atoms. The lowest BCUT2D eigenvalue weighted by atomic mass is 10.1. The van der Waals surface area contributed by atoms with Crippen LogP contribution in [0.1, 0.15) is 20.7 Å². The van der Waals surface area contributed by atoms with Gasteiger partial charge in [0, 0.05) is 12.3 Å². The number of halogens is 3. The van der Waals surface area contributed by atoms with Crippen LogP contribution in [0.3, 0.4) is 0 Å². The third kappa shape index (κ3) is 3.31. The molecule has 0 aliphatic carbocycles. The molecule has 1 aliphatic heterocycles. The summed E-state index contributed by atoms with van der Waals surface area (Å²) in [7, 11) is 0. The van der Waals surface area contributed by atoms with Crippen LogP contribution in [0.5, 0.6) is 0 Å². The summed E-state index contributed by atoms with van der Waals surface area (Å²) < 4.78 is 37.8. The zero-order valence-corrected chi connectivity index (χ0v) is 11.1. The molecule has 0 fully saturated rings. The minimum absolute atomic E-state index is 0.0713. The van der Waals surface area contributed by atoms with Crippen molar-refractivity contribution in [2.45, 2.75) is 6.18 Å². The smallest absolute Gasteiger partial charge is 0.273 e. The van der Waals surface area contributed by atoms with Crippen molar-refractivity contribution in [3.63, 3.8) is 0 Å². The van der Waals surface area contributed by atoms with Crippen LogP contribution in [-0.2, 0) is 0 Å². The largest absolute Gasteiger partial charge is 0.401 e. The molecule has 0 saturated carbocycles. The number of imide groups is 1. The summed E-state index contributed by atoms with van der Waals surface area (Å²) in [5, 5.41) is 0. The second kappa shape index (κ2) is 5.84. The molecular weight excluding hydrogens is 293 g/mol. The first-order chi connectivity index (χ1) is 9.40. The van der Waals surface area contributed by atoms with E-state index in [0.29, 0.717) is 11.1 Å². The summed E-state index contributed by atoms with van der Waals surface area (Å²) >= 11 is 0.834. The number of hydrogen-bond donors (Lipinski definition) is 1. The lowest BCUT2D eigenvalue weighted by molar-refractivity contribution is -0.121. The number of carbonyl (C=O) groups excluding carboxylic acids is 2. The molecule has 1 N–H and O–H groups in total. The van der Waals surface area contributed by atoms with Crippen molar-refractivity contribution in [3.05, 3.63) is 35.4 Å². The Hall–Kier alpha value is -1.54. The van der Waals surface area contributed by atoms with Crippen molar-refractivity contribution < 1.29 is 22.8 Å². The van der Waals surface area contributed by atoms with Crippen molar-refractivity contribution >= 4 is 23.8 Å². The van der Waals surface area contributed by atoms with Crippen LogP contribution >= 0.6 is 11.9 Å². The average Bonchev–Trinajstić information content (AvgIpc) is 2.62. The van der Waals surface area contributed by atoms with E-state index in [1.54, 1.807) is 24.3 Å². The molecule has 0 aromatic heterocycles. The summed E-state index contributed by atoms with van der Waals surface area (Å²) in [5.41, 5.74) is 0.677. The van der Waals surface area contributed by atoms with Gasteiger partial charge in [-0.1, -0.05) is 24.1 Å². The molecule has 0 saturated heterocycles. The fourth-order valence-electron chi connectivity index (χ4n) is 1.78. The molecule has 1 aromatic carbocycles. The monoisotopic (exact) mass is 304 g/mol. The highest BCUT2D eigenvalue weighted by atomic mass is 32.2. The van der Waals surface area contributed by atoms with Crippen molar-refractivity contribution in [1.82, 2.24) is 9.62 Å². The van der Waals surface area contributed by atoms with Gasteiger partial charge in [0.15, 0.2) is 0 Å². The SMILES string of the molecule is O=C1c2ccccc2C(=O)N1CCSNCC(F)(F)F. The number of hydrogen-bond acceptors (Lipinski definition) is 4. The van der Waals surface area contributed by atoms with E-state index in [1.165, 1.54) is 0 Å². The number of alkyl halides is 3. The van der Waals surface area contributed by atoms with Crippen molar-refractivity contribution in [2.75, 3.05) is 18.8 Å². The number of nitrogens with zero attached hydrogens (tertiary/aromatic N) is 1. The molecule has 1 aliphatic rings. The van der Waals surface area contributed by atoms with Crippen LogP contribution in [0.2, 0.25) is 0 Å². The van der Waals surface area contributed by atoms with Gasteiger partial charge in [-0.2, -0.15) is 13.2 Å². The van der Waals surface area contributed by atoms with Crippen LogP contribution in [0.25, 0.3) is 0 Å². The van der Waals surface area contributed by atoms with Crippen LogP contribution in [0, 0.1) is 0 Å². The number of fused-ring (bicyclic) bond motifs is 1. The minimum Gasteiger partial charge on any atom is -0.273 e. The van der Waals surface area contributed by atoms with E-state index in [-0.39, 0.29) is 12.3 Å². The van der Waals surface area contributed by atoms with Gasteiger partial charge in [-0.25, -0.2) is 0 Å². The minimum atomic E-state index is -4.28. The van der Waals surface area contributed by atoms with Crippen molar-refractivity contribution in [1.29, 1.82) is 0 Å². The summed E-state index contributed by atoms with van der Waals surface area (Å²) in [6.45, 7) is -1.04. The molecule has 2 amide bonds. The second-order valence-corrected chi connectivity index (χ2v) is 5.08. The Morgan fingerprint density at radius 1 is 1.10 bits per heavy atom. The predicted octanol–water partition coefficient (Wildman–Crippen LogP) is 2.08. The van der Waals surface area contributed by atoms with Gasteiger partial charge in [0.25, 0.3) is 11.8 Å². The number of amides is 2. The van der Waals surface area contributed by atoms with Gasteiger partial charge < -0.3 is 0 Å². The van der Waals surface area contributed by atoms with E-state index in [0.717, 1.165) is 16.8 Å². The Morgan fingerprint density at radius 3 is 2.15 bits per heavy atom. The fourth-order valence-corrected chi connectivity index (χ4v) is 2.47. The van der Waals surface area contributed by atoms with Crippen molar-refractivity contribution in [2.24, 2.45) is 0 Å². The van der Waals surface area contributed by atoms with Gasteiger partial charge in [0.05, 0.1) is 11.1 Å². The molecule has 8 heteroatoms. The third-order valence-corrected chi connectivity index (χ3v) is 3.40. The standard InChI is InChI=1S/C12H11F3N2O2S/c13-12(14,15)7-16-20-6-5-17-10(18)8-3-1-2-4-9(8)11(17)19/h1-4,16H,5-7H2. The lowest BCUT2D eigenvalue weighted by Crippen LogP contribution is -2.33. The third-order valence-electron chi connectivity index (χ3n) is 2.67. The second-order valence-electron chi connectivity index (χ2n) is 4.09. The van der Waals surface area contributed by atoms with E-state index < -0.39 is 24.5 Å². The number of benzene rings is 1. The van der Waals surface area contributed by atoms with E-state index >= 15 is 0 Å². The quantitative estimate of drug-likeness (QED) is 0.514. The van der Waals surface area contributed by atoms with Gasteiger partial charge in [-0.3, -0.25) is 19.2 Å². The zero-order chi connectivity index (χ0) is 14.8. The van der Waals surface area contributed by atoms with Gasteiger partial charge in [-0.15, -0.1) is 0 Å². The number of carbonyl (C=O) groups is 2. The summed E-state index contributed by atoms with van der Waals surface area (Å²) in [6.07, 6.45) is -4.28. The van der Waals surface area contributed by atoms with Crippen LogP contribution in [0.4, 0.5) is 13.2 Å². The Bertz CT molecular complexity index is 499. The summed E-state index contributed by atoms with van der Waals surface area (Å²) in [6, 6.07) is 6.44.